The number of rotatable bonds is 5. The number of nitrogens with zero attached hydrogens (tertiary/aromatic N) is 1. The van der Waals surface area contributed by atoms with Gasteiger partial charge < -0.3 is 34.9 Å². The molecular formula is C37H40ClN3O6. The lowest BCUT2D eigenvalue weighted by Crippen LogP contribution is -2.40. The van der Waals surface area contributed by atoms with E-state index in [2.05, 4.69) is 17.4 Å². The summed E-state index contributed by atoms with van der Waals surface area (Å²) in [6.45, 7) is 2.06. The molecule has 5 aliphatic heterocycles. The van der Waals surface area contributed by atoms with Gasteiger partial charge in [-0.05, 0) is 90.0 Å². The van der Waals surface area contributed by atoms with E-state index in [9.17, 15) is 9.59 Å². The largest absolute Gasteiger partial charge is 0.497 e. The molecule has 9 rings (SSSR count). The van der Waals surface area contributed by atoms with Gasteiger partial charge in [0.1, 0.15) is 35.4 Å². The van der Waals surface area contributed by atoms with Crippen LogP contribution in [0.5, 0.6) is 28.7 Å². The lowest BCUT2D eigenvalue weighted by molar-refractivity contribution is -0.121. The lowest BCUT2D eigenvalue weighted by atomic mass is 9.87. The van der Waals surface area contributed by atoms with Gasteiger partial charge in [0.15, 0.2) is 0 Å². The van der Waals surface area contributed by atoms with Crippen molar-refractivity contribution in [1.82, 2.24) is 10.2 Å². The molecule has 4 aromatic carbocycles. The van der Waals surface area contributed by atoms with Crippen molar-refractivity contribution in [2.24, 2.45) is 5.73 Å². The second kappa shape index (κ2) is 15.7. The van der Waals surface area contributed by atoms with E-state index in [1.807, 2.05) is 59.5 Å². The minimum atomic E-state index is -0.383. The summed E-state index contributed by atoms with van der Waals surface area (Å²) in [5, 5.41) is 2.98. The first-order valence-electron chi connectivity index (χ1n) is 15.7. The zero-order valence-electron chi connectivity index (χ0n) is 26.4. The van der Waals surface area contributed by atoms with Crippen LogP contribution in [0.4, 0.5) is 0 Å². The number of benzene rings is 4. The van der Waals surface area contributed by atoms with Crippen LogP contribution in [0.15, 0.2) is 84.9 Å². The first kappa shape index (κ1) is 33.6. The molecule has 9 nitrogen and oxygen atoms in total. The number of ether oxygens (including phenoxy) is 4. The Hall–Kier alpha value is -4.73. The zero-order chi connectivity index (χ0) is 31.9. The van der Waals surface area contributed by atoms with Crippen LogP contribution in [0.1, 0.15) is 51.5 Å². The SMILES string of the molecule is COc1ccc(C(=O)N2CCc3cc4ccc3C2c2cccc(c2)OCCCNC(=O)CCc2ccc(cc2)O4)c(OCCN)c1.Cl. The number of nitrogens with two attached hydrogens (primary N) is 1. The van der Waals surface area contributed by atoms with E-state index in [1.54, 1.807) is 25.3 Å². The molecule has 1 atom stereocenters. The summed E-state index contributed by atoms with van der Waals surface area (Å²) in [4.78, 5) is 28.7. The summed E-state index contributed by atoms with van der Waals surface area (Å²) in [5.41, 5.74) is 10.3. The summed E-state index contributed by atoms with van der Waals surface area (Å²) >= 11 is 0. The molecule has 246 valence electrons. The van der Waals surface area contributed by atoms with Crippen LogP contribution in [-0.4, -0.2) is 56.7 Å². The van der Waals surface area contributed by atoms with E-state index in [0.717, 1.165) is 33.8 Å². The predicted molar refractivity (Wildman–Crippen MR) is 182 cm³/mol. The van der Waals surface area contributed by atoms with Gasteiger partial charge in [0.25, 0.3) is 5.91 Å². The van der Waals surface area contributed by atoms with Crippen LogP contribution in [-0.2, 0) is 17.6 Å². The number of aryl methyl sites for hydroxylation is 1. The summed E-state index contributed by atoms with van der Waals surface area (Å²) < 4.78 is 23.7. The zero-order valence-corrected chi connectivity index (χ0v) is 27.2. The number of carbonyl (C=O) groups excluding carboxylic acids is 2. The molecule has 47 heavy (non-hydrogen) atoms. The summed E-state index contributed by atoms with van der Waals surface area (Å²) in [5.74, 6) is 3.03. The van der Waals surface area contributed by atoms with Gasteiger partial charge >= 0.3 is 0 Å². The highest BCUT2D eigenvalue weighted by atomic mass is 35.5. The van der Waals surface area contributed by atoms with E-state index in [0.29, 0.717) is 74.7 Å². The molecule has 0 aromatic heterocycles. The van der Waals surface area contributed by atoms with Crippen LogP contribution in [0.2, 0.25) is 0 Å². The van der Waals surface area contributed by atoms with E-state index >= 15 is 0 Å². The molecule has 5 aliphatic rings. The van der Waals surface area contributed by atoms with Gasteiger partial charge in [0.2, 0.25) is 5.91 Å². The quantitative estimate of drug-likeness (QED) is 0.276. The van der Waals surface area contributed by atoms with Crippen molar-refractivity contribution in [3.63, 3.8) is 0 Å². The predicted octanol–water partition coefficient (Wildman–Crippen LogP) is 5.87. The standard InChI is InChI=1S/C37H39N3O6.ClH/c1-43-29-11-14-33(34(24-29)45-21-17-38)37(42)40-19-16-26-22-31-12-13-32(26)36(40)27-4-2-5-30(23-27)44-20-3-18-39-35(41)15-8-25-6-9-28(46-31)10-7-25;/h2,4-7,9-14,22-24,36H,3,8,15-21,38H2,1H3,(H,39,41);1H. The van der Waals surface area contributed by atoms with Crippen LogP contribution in [0.3, 0.4) is 0 Å². The maximum Gasteiger partial charge on any atom is 0.258 e. The molecule has 0 spiro atoms. The average Bonchev–Trinajstić information content (AvgIpc) is 3.09. The fourth-order valence-corrected chi connectivity index (χ4v) is 5.97. The smallest absolute Gasteiger partial charge is 0.258 e. The van der Waals surface area contributed by atoms with Gasteiger partial charge in [-0.1, -0.05) is 30.3 Å². The van der Waals surface area contributed by atoms with Gasteiger partial charge in [-0.3, -0.25) is 9.59 Å². The highest BCUT2D eigenvalue weighted by Gasteiger charge is 2.34. The fourth-order valence-electron chi connectivity index (χ4n) is 5.97. The summed E-state index contributed by atoms with van der Waals surface area (Å²) in [7, 11) is 1.58. The third kappa shape index (κ3) is 7.99. The van der Waals surface area contributed by atoms with Crippen LogP contribution >= 0.6 is 12.4 Å². The molecule has 5 heterocycles. The Morgan fingerprint density at radius 3 is 2.60 bits per heavy atom. The molecule has 0 saturated carbocycles. The fraction of sp³-hybridized carbons (Fsp3) is 0.297. The third-order valence-corrected chi connectivity index (χ3v) is 8.28. The van der Waals surface area contributed by atoms with Gasteiger partial charge in [-0.15, -0.1) is 12.4 Å². The molecule has 8 bridgehead atoms. The van der Waals surface area contributed by atoms with Crippen molar-refractivity contribution in [1.29, 1.82) is 0 Å². The van der Waals surface area contributed by atoms with Crippen molar-refractivity contribution in [2.75, 3.05) is 40.0 Å². The Morgan fingerprint density at radius 1 is 0.957 bits per heavy atom. The van der Waals surface area contributed by atoms with Crippen LogP contribution in [0.25, 0.3) is 0 Å². The second-order valence-corrected chi connectivity index (χ2v) is 11.4. The maximum absolute atomic E-state index is 14.4. The molecule has 0 saturated heterocycles. The first-order valence-corrected chi connectivity index (χ1v) is 15.7. The van der Waals surface area contributed by atoms with E-state index in [1.165, 1.54) is 0 Å². The molecule has 4 aromatic rings. The van der Waals surface area contributed by atoms with Crippen molar-refractivity contribution in [3.05, 3.63) is 113 Å². The lowest BCUT2D eigenvalue weighted by Gasteiger charge is -2.38. The number of nitrogens with one attached hydrogen (secondary N) is 1. The number of methoxy groups -OCH3 is 1. The second-order valence-electron chi connectivity index (χ2n) is 11.4. The molecule has 10 heteroatoms. The molecule has 3 N–H and O–H groups in total. The minimum absolute atomic E-state index is 0. The van der Waals surface area contributed by atoms with E-state index < -0.39 is 0 Å². The Morgan fingerprint density at radius 2 is 1.79 bits per heavy atom. The van der Waals surface area contributed by atoms with Gasteiger partial charge in [-0.25, -0.2) is 0 Å². The van der Waals surface area contributed by atoms with E-state index in [-0.39, 0.29) is 36.9 Å². The Balaban J connectivity index is 0.00000433. The van der Waals surface area contributed by atoms with E-state index in [4.69, 9.17) is 24.7 Å². The number of amides is 2. The number of halogens is 1. The molecule has 0 aliphatic carbocycles. The summed E-state index contributed by atoms with van der Waals surface area (Å²) in [6, 6.07) is 26.6. The Bertz CT molecular complexity index is 1700. The van der Waals surface area contributed by atoms with Crippen LogP contribution < -0.4 is 30.0 Å². The Kier molecular flexibility index (Phi) is 11.2. The van der Waals surface area contributed by atoms with Crippen molar-refractivity contribution >= 4 is 24.2 Å². The number of carbonyl (C=O) groups is 2. The molecule has 0 radical (unpaired) electrons. The molecule has 0 fully saturated rings. The van der Waals surface area contributed by atoms with Gasteiger partial charge in [0.05, 0.1) is 25.3 Å². The van der Waals surface area contributed by atoms with Gasteiger partial charge in [-0.2, -0.15) is 0 Å². The van der Waals surface area contributed by atoms with Crippen LogP contribution in [0, 0.1) is 0 Å². The maximum atomic E-state index is 14.4. The Labute approximate surface area is 281 Å². The molecular weight excluding hydrogens is 618 g/mol. The minimum Gasteiger partial charge on any atom is -0.497 e. The first-order chi connectivity index (χ1) is 22.5. The number of hydrogen-bond donors (Lipinski definition) is 2. The van der Waals surface area contributed by atoms with Gasteiger partial charge in [0, 0.05) is 32.1 Å². The topological polar surface area (TPSA) is 112 Å². The van der Waals surface area contributed by atoms with Crippen molar-refractivity contribution in [3.8, 4) is 28.7 Å². The highest BCUT2D eigenvalue weighted by Crippen LogP contribution is 2.40. The monoisotopic (exact) mass is 657 g/mol. The number of hydrogen-bond acceptors (Lipinski definition) is 7. The average molecular weight is 658 g/mol. The third-order valence-electron chi connectivity index (χ3n) is 8.28. The molecule has 2 amide bonds. The molecule has 1 unspecified atom stereocenters. The van der Waals surface area contributed by atoms with Crippen molar-refractivity contribution in [2.45, 2.75) is 31.7 Å². The normalized spacial score (nSPS) is 16.1. The highest BCUT2D eigenvalue weighted by molar-refractivity contribution is 5.98. The van der Waals surface area contributed by atoms with Crippen molar-refractivity contribution < 1.29 is 28.5 Å². The summed E-state index contributed by atoms with van der Waals surface area (Å²) in [6.07, 6.45) is 2.40.